The van der Waals surface area contributed by atoms with Crippen molar-refractivity contribution in [1.82, 2.24) is 4.98 Å². The van der Waals surface area contributed by atoms with Gasteiger partial charge in [0.25, 0.3) is 0 Å². The standard InChI is InChI=1S/C15H10FNO2S/c16-10-3-1-9(2-4-10)15-17-13(8-20-15)12-6-5-11(18)7-14(12)19/h1-8,18-19H. The van der Waals surface area contributed by atoms with E-state index in [2.05, 4.69) is 4.98 Å². The van der Waals surface area contributed by atoms with Crippen molar-refractivity contribution in [3.05, 3.63) is 53.7 Å². The summed E-state index contributed by atoms with van der Waals surface area (Å²) >= 11 is 1.41. The van der Waals surface area contributed by atoms with Crippen molar-refractivity contribution in [3.8, 4) is 33.3 Å². The summed E-state index contributed by atoms with van der Waals surface area (Å²) in [6.07, 6.45) is 0. The second-order valence-corrected chi connectivity index (χ2v) is 5.10. The maximum Gasteiger partial charge on any atom is 0.128 e. The lowest BCUT2D eigenvalue weighted by Gasteiger charge is -2.01. The molecule has 20 heavy (non-hydrogen) atoms. The minimum atomic E-state index is -0.290. The molecule has 0 bridgehead atoms. The third-order valence-corrected chi connectivity index (χ3v) is 3.74. The minimum absolute atomic E-state index is 0.000220. The summed E-state index contributed by atoms with van der Waals surface area (Å²) in [7, 11) is 0. The number of thiazole rings is 1. The van der Waals surface area contributed by atoms with Crippen LogP contribution in [-0.4, -0.2) is 15.2 Å². The molecule has 1 heterocycles. The molecule has 0 spiro atoms. The van der Waals surface area contributed by atoms with Crippen molar-refractivity contribution in [2.24, 2.45) is 0 Å². The molecule has 2 N–H and O–H groups in total. The summed E-state index contributed by atoms with van der Waals surface area (Å²) in [4.78, 5) is 4.43. The maximum absolute atomic E-state index is 12.9. The number of benzene rings is 2. The normalized spacial score (nSPS) is 10.7. The highest BCUT2D eigenvalue weighted by atomic mass is 32.1. The van der Waals surface area contributed by atoms with Gasteiger partial charge in [-0.15, -0.1) is 11.3 Å². The number of nitrogens with zero attached hydrogens (tertiary/aromatic N) is 1. The summed E-state index contributed by atoms with van der Waals surface area (Å²) in [5, 5.41) is 21.6. The van der Waals surface area contributed by atoms with Crippen LogP contribution in [0.5, 0.6) is 11.5 Å². The van der Waals surface area contributed by atoms with Gasteiger partial charge in [0, 0.05) is 22.6 Å². The van der Waals surface area contributed by atoms with E-state index in [4.69, 9.17) is 0 Å². The second kappa shape index (κ2) is 4.94. The van der Waals surface area contributed by atoms with E-state index in [-0.39, 0.29) is 17.3 Å². The highest BCUT2D eigenvalue weighted by Gasteiger charge is 2.10. The van der Waals surface area contributed by atoms with Crippen LogP contribution in [0.15, 0.2) is 47.8 Å². The number of phenols is 2. The van der Waals surface area contributed by atoms with Gasteiger partial charge in [-0.1, -0.05) is 0 Å². The fourth-order valence-electron chi connectivity index (χ4n) is 1.86. The fraction of sp³-hybridized carbons (Fsp3) is 0. The first kappa shape index (κ1) is 12.6. The van der Waals surface area contributed by atoms with E-state index >= 15 is 0 Å². The van der Waals surface area contributed by atoms with Crippen LogP contribution in [-0.2, 0) is 0 Å². The van der Waals surface area contributed by atoms with Crippen molar-refractivity contribution >= 4 is 11.3 Å². The molecular weight excluding hydrogens is 277 g/mol. The Hall–Kier alpha value is -2.40. The molecule has 0 saturated carbocycles. The number of halogens is 1. The Morgan fingerprint density at radius 1 is 1.00 bits per heavy atom. The van der Waals surface area contributed by atoms with Gasteiger partial charge >= 0.3 is 0 Å². The SMILES string of the molecule is Oc1ccc(-c2csc(-c3ccc(F)cc3)n2)c(O)c1. The maximum atomic E-state index is 12.9. The molecule has 2 aromatic carbocycles. The zero-order valence-corrected chi connectivity index (χ0v) is 11.1. The lowest BCUT2D eigenvalue weighted by atomic mass is 10.1. The second-order valence-electron chi connectivity index (χ2n) is 4.25. The van der Waals surface area contributed by atoms with Crippen LogP contribution in [0.1, 0.15) is 0 Å². The molecule has 5 heteroatoms. The summed E-state index contributed by atoms with van der Waals surface area (Å²) in [5.74, 6) is -0.317. The summed E-state index contributed by atoms with van der Waals surface area (Å²) in [6.45, 7) is 0. The minimum Gasteiger partial charge on any atom is -0.508 e. The molecule has 0 unspecified atom stereocenters. The molecule has 0 amide bonds. The average Bonchev–Trinajstić information content (AvgIpc) is 2.89. The van der Waals surface area contributed by atoms with Gasteiger partial charge < -0.3 is 10.2 Å². The molecule has 3 aromatic rings. The van der Waals surface area contributed by atoms with E-state index in [1.54, 1.807) is 18.2 Å². The van der Waals surface area contributed by atoms with Crippen molar-refractivity contribution < 1.29 is 14.6 Å². The van der Waals surface area contributed by atoms with Crippen LogP contribution in [0.25, 0.3) is 21.8 Å². The third-order valence-electron chi connectivity index (χ3n) is 2.85. The number of phenolic OH excluding ortho intramolecular Hbond substituents is 2. The topological polar surface area (TPSA) is 53.4 Å². The molecule has 100 valence electrons. The molecule has 0 fully saturated rings. The third kappa shape index (κ3) is 2.35. The zero-order valence-electron chi connectivity index (χ0n) is 10.2. The van der Waals surface area contributed by atoms with Crippen LogP contribution < -0.4 is 0 Å². The monoisotopic (exact) mass is 287 g/mol. The van der Waals surface area contributed by atoms with E-state index in [1.165, 1.54) is 35.6 Å². The van der Waals surface area contributed by atoms with Crippen LogP contribution >= 0.6 is 11.3 Å². The first-order valence-electron chi connectivity index (χ1n) is 5.87. The van der Waals surface area contributed by atoms with Crippen LogP contribution in [0.4, 0.5) is 4.39 Å². The van der Waals surface area contributed by atoms with Crippen LogP contribution in [0, 0.1) is 5.82 Å². The Bertz CT molecular complexity index is 753. The molecule has 0 aliphatic carbocycles. The van der Waals surface area contributed by atoms with E-state index in [0.717, 1.165) is 10.6 Å². The van der Waals surface area contributed by atoms with Crippen molar-refractivity contribution in [2.45, 2.75) is 0 Å². The Labute approximate surface area is 118 Å². The Balaban J connectivity index is 1.99. The van der Waals surface area contributed by atoms with Crippen molar-refractivity contribution in [1.29, 1.82) is 0 Å². The lowest BCUT2D eigenvalue weighted by Crippen LogP contribution is -1.81. The number of aromatic nitrogens is 1. The van der Waals surface area contributed by atoms with Crippen LogP contribution in [0.3, 0.4) is 0 Å². The molecule has 0 atom stereocenters. The van der Waals surface area contributed by atoms with Gasteiger partial charge in [0.15, 0.2) is 0 Å². The fourth-order valence-corrected chi connectivity index (χ4v) is 2.69. The molecule has 3 rings (SSSR count). The molecule has 0 saturated heterocycles. The van der Waals surface area contributed by atoms with Gasteiger partial charge in [-0.3, -0.25) is 0 Å². The summed E-state index contributed by atoms with van der Waals surface area (Å²) in [6, 6.07) is 10.5. The number of hydrogen-bond acceptors (Lipinski definition) is 4. The van der Waals surface area contributed by atoms with E-state index in [1.807, 2.05) is 5.38 Å². The Morgan fingerprint density at radius 2 is 1.75 bits per heavy atom. The van der Waals surface area contributed by atoms with Crippen LogP contribution in [0.2, 0.25) is 0 Å². The predicted molar refractivity (Wildman–Crippen MR) is 76.3 cm³/mol. The van der Waals surface area contributed by atoms with Gasteiger partial charge in [0.2, 0.25) is 0 Å². The summed E-state index contributed by atoms with van der Waals surface area (Å²) < 4.78 is 12.9. The van der Waals surface area contributed by atoms with Crippen molar-refractivity contribution in [2.75, 3.05) is 0 Å². The number of aromatic hydroxyl groups is 2. The molecular formula is C15H10FNO2S. The smallest absolute Gasteiger partial charge is 0.128 e. The molecule has 1 aromatic heterocycles. The quantitative estimate of drug-likeness (QED) is 0.748. The molecule has 0 aliphatic heterocycles. The van der Waals surface area contributed by atoms with Gasteiger partial charge in [-0.05, 0) is 36.4 Å². The largest absolute Gasteiger partial charge is 0.508 e. The Morgan fingerprint density at radius 3 is 2.45 bits per heavy atom. The molecule has 0 radical (unpaired) electrons. The van der Waals surface area contributed by atoms with Gasteiger partial charge in [-0.2, -0.15) is 0 Å². The first-order chi connectivity index (χ1) is 9.63. The average molecular weight is 287 g/mol. The first-order valence-corrected chi connectivity index (χ1v) is 6.75. The van der Waals surface area contributed by atoms with E-state index in [0.29, 0.717) is 11.3 Å². The highest BCUT2D eigenvalue weighted by Crippen LogP contribution is 2.35. The highest BCUT2D eigenvalue weighted by molar-refractivity contribution is 7.13. The van der Waals surface area contributed by atoms with E-state index in [9.17, 15) is 14.6 Å². The van der Waals surface area contributed by atoms with E-state index < -0.39 is 0 Å². The van der Waals surface area contributed by atoms with Gasteiger partial charge in [0.05, 0.1) is 5.69 Å². The predicted octanol–water partition coefficient (Wildman–Crippen LogP) is 4.03. The van der Waals surface area contributed by atoms with Gasteiger partial charge in [0.1, 0.15) is 22.3 Å². The number of rotatable bonds is 2. The molecule has 3 nitrogen and oxygen atoms in total. The molecule has 0 aliphatic rings. The number of hydrogen-bond donors (Lipinski definition) is 2. The Kier molecular flexibility index (Phi) is 3.12. The summed E-state index contributed by atoms with van der Waals surface area (Å²) in [5.41, 5.74) is 1.99. The lowest BCUT2D eigenvalue weighted by molar-refractivity contribution is 0.452. The van der Waals surface area contributed by atoms with Gasteiger partial charge in [-0.25, -0.2) is 9.37 Å². The zero-order chi connectivity index (χ0) is 14.1. The van der Waals surface area contributed by atoms with Crippen molar-refractivity contribution in [3.63, 3.8) is 0 Å².